The number of nitrogens with zero attached hydrogens (tertiary/aromatic N) is 2. The number of nitrogens with one attached hydrogen (secondary N) is 1. The van der Waals surface area contributed by atoms with E-state index in [1.165, 1.54) is 31.0 Å². The maximum atomic E-state index is 13.0. The quantitative estimate of drug-likeness (QED) is 0.908. The van der Waals surface area contributed by atoms with Crippen LogP contribution in [0.4, 0.5) is 4.39 Å². The summed E-state index contributed by atoms with van der Waals surface area (Å²) >= 11 is 1.35. The van der Waals surface area contributed by atoms with Crippen LogP contribution < -0.4 is 10.1 Å². The summed E-state index contributed by atoms with van der Waals surface area (Å²) in [6.07, 6.45) is 1.61. The first-order valence-electron chi connectivity index (χ1n) is 7.76. The molecule has 0 radical (unpaired) electrons. The number of methoxy groups -OCH3 is 1. The number of halogens is 1. The van der Waals surface area contributed by atoms with Crippen molar-refractivity contribution >= 4 is 22.8 Å². The van der Waals surface area contributed by atoms with Gasteiger partial charge in [0.2, 0.25) is 11.8 Å². The highest BCUT2D eigenvalue weighted by Crippen LogP contribution is 2.42. The molecule has 5 nitrogen and oxygen atoms in total. The molecule has 1 aromatic heterocycles. The molecule has 0 saturated carbocycles. The van der Waals surface area contributed by atoms with Gasteiger partial charge in [-0.15, -0.1) is 0 Å². The summed E-state index contributed by atoms with van der Waals surface area (Å²) in [6.45, 7) is 3.74. The minimum atomic E-state index is -0.808. The summed E-state index contributed by atoms with van der Waals surface area (Å²) in [5, 5.41) is 3.37. The van der Waals surface area contributed by atoms with E-state index >= 15 is 0 Å². The van der Waals surface area contributed by atoms with Crippen LogP contribution in [-0.2, 0) is 9.54 Å². The van der Waals surface area contributed by atoms with Crippen molar-refractivity contribution in [3.8, 4) is 5.88 Å². The average Bonchev–Trinajstić information content (AvgIpc) is 2.90. The molecule has 3 rings (SSSR count). The van der Waals surface area contributed by atoms with Crippen molar-refractivity contribution in [2.24, 2.45) is 4.99 Å². The minimum Gasteiger partial charge on any atom is -0.481 e. The molecule has 1 aliphatic rings. The van der Waals surface area contributed by atoms with Gasteiger partial charge in [-0.05, 0) is 43.2 Å². The van der Waals surface area contributed by atoms with Gasteiger partial charge in [0.05, 0.1) is 13.2 Å². The number of hydrogen-bond acceptors (Lipinski definition) is 5. The van der Waals surface area contributed by atoms with Crippen molar-refractivity contribution in [1.82, 2.24) is 10.3 Å². The Kier molecular flexibility index (Phi) is 4.76. The zero-order valence-electron chi connectivity index (χ0n) is 14.1. The number of thioether (sulfide) groups is 1. The normalized spacial score (nSPS) is 22.7. The number of aromatic nitrogens is 1. The van der Waals surface area contributed by atoms with Crippen LogP contribution >= 0.6 is 11.8 Å². The molecule has 1 unspecified atom stereocenters. The first-order chi connectivity index (χ1) is 11.9. The Bertz CT molecular complexity index is 825. The summed E-state index contributed by atoms with van der Waals surface area (Å²) in [5.41, 5.74) is 1.67. The fourth-order valence-corrected chi connectivity index (χ4v) is 3.67. The molecule has 25 heavy (non-hydrogen) atoms. The highest BCUT2D eigenvalue weighted by molar-refractivity contribution is 8.15. The molecule has 7 heteroatoms. The third kappa shape index (κ3) is 3.51. The summed E-state index contributed by atoms with van der Waals surface area (Å²) in [7, 11) is 1.54. The van der Waals surface area contributed by atoms with Crippen LogP contribution in [0.3, 0.4) is 0 Å². The molecular weight excluding hydrogens is 341 g/mol. The van der Waals surface area contributed by atoms with Gasteiger partial charge in [-0.25, -0.2) is 9.37 Å². The Morgan fingerprint density at radius 2 is 2.04 bits per heavy atom. The molecule has 2 heterocycles. The van der Waals surface area contributed by atoms with E-state index in [2.05, 4.69) is 15.3 Å². The molecule has 1 fully saturated rings. The van der Waals surface area contributed by atoms with Gasteiger partial charge in [0.25, 0.3) is 0 Å². The number of hydrogen-bond donors (Lipinski definition) is 1. The summed E-state index contributed by atoms with van der Waals surface area (Å²) < 4.78 is 17.4. The maximum Gasteiger partial charge on any atom is 0.246 e. The van der Waals surface area contributed by atoms with E-state index in [-0.39, 0.29) is 17.8 Å². The maximum absolute atomic E-state index is 13.0. The van der Waals surface area contributed by atoms with Gasteiger partial charge >= 0.3 is 0 Å². The van der Waals surface area contributed by atoms with Crippen LogP contribution in [0.15, 0.2) is 47.6 Å². The second kappa shape index (κ2) is 6.84. The predicted molar refractivity (Wildman–Crippen MR) is 96.1 cm³/mol. The van der Waals surface area contributed by atoms with Crippen LogP contribution in [0, 0.1) is 5.82 Å². The second-order valence-electron chi connectivity index (χ2n) is 5.84. The topological polar surface area (TPSA) is 63.6 Å². The molecule has 0 spiro atoms. The van der Waals surface area contributed by atoms with Gasteiger partial charge in [-0.3, -0.25) is 9.79 Å². The van der Waals surface area contributed by atoms with E-state index in [9.17, 15) is 9.18 Å². The van der Waals surface area contributed by atoms with Gasteiger partial charge in [-0.2, -0.15) is 0 Å². The molecule has 1 N–H and O–H groups in total. The van der Waals surface area contributed by atoms with Crippen molar-refractivity contribution in [1.29, 1.82) is 0 Å². The van der Waals surface area contributed by atoms with Crippen LogP contribution in [0.5, 0.6) is 5.88 Å². The molecule has 2 atom stereocenters. The van der Waals surface area contributed by atoms with E-state index in [0.717, 1.165) is 11.1 Å². The number of carbonyl (C=O) groups excluding carboxylic acids is 1. The van der Waals surface area contributed by atoms with Gasteiger partial charge in [0.15, 0.2) is 5.17 Å². The van der Waals surface area contributed by atoms with E-state index in [0.29, 0.717) is 11.0 Å². The number of amides is 1. The first kappa shape index (κ1) is 17.4. The van der Waals surface area contributed by atoms with E-state index in [1.54, 1.807) is 30.5 Å². The number of amidine groups is 1. The first-order valence-corrected chi connectivity index (χ1v) is 8.58. The van der Waals surface area contributed by atoms with E-state index < -0.39 is 4.75 Å². The summed E-state index contributed by atoms with van der Waals surface area (Å²) in [5.74, 6) is 0.0272. The Hall–Kier alpha value is -2.41. The van der Waals surface area contributed by atoms with Crippen LogP contribution in [0.2, 0.25) is 0 Å². The number of benzene rings is 1. The molecular formula is C18H18FN3O2S. The Balaban J connectivity index is 1.84. The highest BCUT2D eigenvalue weighted by atomic mass is 32.2. The summed E-state index contributed by atoms with van der Waals surface area (Å²) in [6, 6.07) is 9.54. The third-order valence-corrected chi connectivity index (χ3v) is 5.34. The van der Waals surface area contributed by atoms with E-state index in [4.69, 9.17) is 4.74 Å². The van der Waals surface area contributed by atoms with Crippen LogP contribution in [-0.4, -0.2) is 23.2 Å². The molecule has 1 saturated heterocycles. The third-order valence-electron chi connectivity index (χ3n) is 4.11. The SMILES string of the molecule is COc1cc(C2(C)SC(=N[C@@H](C)c3ccc(F)cc3)NC2=O)ccn1. The second-order valence-corrected chi connectivity index (χ2v) is 7.25. The minimum absolute atomic E-state index is 0.143. The number of carbonyl (C=O) groups is 1. The molecule has 1 aromatic carbocycles. The molecule has 0 aliphatic carbocycles. The monoisotopic (exact) mass is 359 g/mol. The largest absolute Gasteiger partial charge is 0.481 e. The van der Waals surface area contributed by atoms with Crippen LogP contribution in [0.1, 0.15) is 31.0 Å². The van der Waals surface area contributed by atoms with Gasteiger partial charge in [-0.1, -0.05) is 23.9 Å². The molecule has 2 aromatic rings. The van der Waals surface area contributed by atoms with Crippen molar-refractivity contribution in [2.45, 2.75) is 24.6 Å². The molecule has 0 bridgehead atoms. The zero-order chi connectivity index (χ0) is 18.0. The lowest BCUT2D eigenvalue weighted by atomic mass is 10.0. The number of ether oxygens (including phenoxy) is 1. The van der Waals surface area contributed by atoms with Crippen molar-refractivity contribution in [3.05, 3.63) is 59.5 Å². The average molecular weight is 359 g/mol. The lowest BCUT2D eigenvalue weighted by Gasteiger charge is -2.19. The van der Waals surface area contributed by atoms with Gasteiger partial charge in [0.1, 0.15) is 10.6 Å². The van der Waals surface area contributed by atoms with E-state index in [1.807, 2.05) is 13.8 Å². The number of rotatable bonds is 4. The number of pyridine rings is 1. The predicted octanol–water partition coefficient (Wildman–Crippen LogP) is 3.42. The lowest BCUT2D eigenvalue weighted by Crippen LogP contribution is -2.31. The Labute approximate surface area is 149 Å². The lowest BCUT2D eigenvalue weighted by molar-refractivity contribution is -0.121. The number of aliphatic imine (C=N–C) groups is 1. The fourth-order valence-electron chi connectivity index (χ4n) is 2.54. The van der Waals surface area contributed by atoms with Crippen molar-refractivity contribution in [2.75, 3.05) is 7.11 Å². The summed E-state index contributed by atoms with van der Waals surface area (Å²) in [4.78, 5) is 21.2. The van der Waals surface area contributed by atoms with Gasteiger partial charge in [0, 0.05) is 12.3 Å². The van der Waals surface area contributed by atoms with Crippen molar-refractivity contribution < 1.29 is 13.9 Å². The highest BCUT2D eigenvalue weighted by Gasteiger charge is 2.44. The zero-order valence-corrected chi connectivity index (χ0v) is 14.9. The van der Waals surface area contributed by atoms with Gasteiger partial charge < -0.3 is 10.1 Å². The van der Waals surface area contributed by atoms with Crippen molar-refractivity contribution in [3.63, 3.8) is 0 Å². The Morgan fingerprint density at radius 1 is 1.32 bits per heavy atom. The standard InChI is InChI=1S/C18H18FN3O2S/c1-11(12-4-6-14(19)7-5-12)21-17-22-16(23)18(2,25-17)13-8-9-20-15(10-13)24-3/h4-11H,1-3H3,(H,21,22,23)/t11-,18?/m0/s1. The van der Waals surface area contributed by atoms with Crippen LogP contribution in [0.25, 0.3) is 0 Å². The fraction of sp³-hybridized carbons (Fsp3) is 0.278. The smallest absolute Gasteiger partial charge is 0.246 e. The molecule has 130 valence electrons. The molecule has 1 amide bonds. The Morgan fingerprint density at radius 3 is 2.72 bits per heavy atom. The molecule has 1 aliphatic heterocycles.